The fourth-order valence-corrected chi connectivity index (χ4v) is 4.68. The molecule has 1 aromatic heterocycles. The predicted octanol–water partition coefficient (Wildman–Crippen LogP) is 4.73. The Hall–Kier alpha value is -3.31. The van der Waals surface area contributed by atoms with Gasteiger partial charge in [0.2, 0.25) is 0 Å². The van der Waals surface area contributed by atoms with E-state index in [-0.39, 0.29) is 17.9 Å². The van der Waals surface area contributed by atoms with Crippen molar-refractivity contribution in [3.05, 3.63) is 95.3 Å². The molecule has 2 atom stereocenters. The summed E-state index contributed by atoms with van der Waals surface area (Å²) in [5.41, 5.74) is 2.40. The van der Waals surface area contributed by atoms with Gasteiger partial charge in [-0.25, -0.2) is 14.6 Å². The summed E-state index contributed by atoms with van der Waals surface area (Å²) in [6.07, 6.45) is 4.06. The van der Waals surface area contributed by atoms with Crippen LogP contribution < -0.4 is 4.90 Å². The third kappa shape index (κ3) is 3.45. The first-order valence-corrected chi connectivity index (χ1v) is 10.8. The zero-order valence-electron chi connectivity index (χ0n) is 16.8. The van der Waals surface area contributed by atoms with Gasteiger partial charge >= 0.3 is 11.8 Å². The minimum Gasteiger partial charge on any atom is -0.245 e. The highest BCUT2D eigenvalue weighted by Crippen LogP contribution is 2.37. The van der Waals surface area contributed by atoms with Crippen LogP contribution in [0.15, 0.2) is 79.0 Å². The summed E-state index contributed by atoms with van der Waals surface area (Å²) < 4.78 is 1.82. The lowest BCUT2D eigenvalue weighted by Crippen LogP contribution is -2.56. The van der Waals surface area contributed by atoms with Crippen molar-refractivity contribution >= 4 is 34.9 Å². The molecule has 2 amide bonds. The van der Waals surface area contributed by atoms with Crippen LogP contribution in [0, 0.1) is 0 Å². The number of aromatic nitrogens is 1. The maximum absolute atomic E-state index is 13.8. The number of carbonyl (C=O) groups is 2. The predicted molar refractivity (Wildman–Crippen MR) is 119 cm³/mol. The van der Waals surface area contributed by atoms with Crippen molar-refractivity contribution in [1.29, 1.82) is 0 Å². The molecule has 2 unspecified atom stereocenters. The van der Waals surface area contributed by atoms with Crippen molar-refractivity contribution in [2.24, 2.45) is 0 Å². The fourth-order valence-electron chi connectivity index (χ4n) is 4.57. The molecule has 5 nitrogen and oxygen atoms in total. The second-order valence-electron chi connectivity index (χ2n) is 7.80. The van der Waals surface area contributed by atoms with Crippen LogP contribution in [-0.2, 0) is 9.59 Å². The molecule has 0 saturated carbocycles. The lowest BCUT2D eigenvalue weighted by atomic mass is 9.89. The fraction of sp³-hybridized carbons (Fsp3) is 0.200. The third-order valence-corrected chi connectivity index (χ3v) is 6.18. The number of halogens is 1. The summed E-state index contributed by atoms with van der Waals surface area (Å²) in [5.74, 6) is -0.535. The minimum atomic E-state index is -0.883. The largest absolute Gasteiger partial charge is 0.333 e. The topological polar surface area (TPSA) is 53.3 Å². The lowest BCUT2D eigenvalue weighted by Gasteiger charge is -2.34. The highest BCUT2D eigenvalue weighted by atomic mass is 35.5. The summed E-state index contributed by atoms with van der Waals surface area (Å²) in [4.78, 5) is 33.5. The monoisotopic (exact) mass is 430 g/mol. The maximum atomic E-state index is 13.8. The van der Waals surface area contributed by atoms with Crippen molar-refractivity contribution in [3.8, 4) is 0 Å². The average molecular weight is 431 g/mol. The highest BCUT2D eigenvalue weighted by Gasteiger charge is 2.52. The number of benzene rings is 2. The molecule has 3 aromatic rings. The van der Waals surface area contributed by atoms with E-state index < -0.39 is 5.92 Å². The van der Waals surface area contributed by atoms with Crippen LogP contribution in [0.4, 0.5) is 5.69 Å². The quantitative estimate of drug-likeness (QED) is 0.343. The number of amides is 2. The van der Waals surface area contributed by atoms with Crippen LogP contribution in [0.5, 0.6) is 0 Å². The molecule has 3 heterocycles. The first kappa shape index (κ1) is 19.6. The van der Waals surface area contributed by atoms with Gasteiger partial charge in [0.15, 0.2) is 5.92 Å². The molecule has 0 bridgehead atoms. The van der Waals surface area contributed by atoms with E-state index in [1.165, 1.54) is 0 Å². The molecular weight excluding hydrogens is 410 g/mol. The number of amidine groups is 1. The number of hydrogen-bond donors (Lipinski definition) is 0. The van der Waals surface area contributed by atoms with Gasteiger partial charge in [-0.2, -0.15) is 9.48 Å². The Balaban J connectivity index is 1.70. The third-order valence-electron chi connectivity index (χ3n) is 5.96. The first-order valence-electron chi connectivity index (χ1n) is 10.4. The smallest absolute Gasteiger partial charge is 0.245 e. The van der Waals surface area contributed by atoms with Crippen LogP contribution in [0.25, 0.3) is 0 Å². The molecule has 0 radical (unpaired) electrons. The molecule has 2 aliphatic rings. The second kappa shape index (κ2) is 8.08. The van der Waals surface area contributed by atoms with Crippen molar-refractivity contribution in [1.82, 2.24) is 4.98 Å². The zero-order valence-corrected chi connectivity index (χ0v) is 17.6. The summed E-state index contributed by atoms with van der Waals surface area (Å²) in [6.45, 7) is 0. The van der Waals surface area contributed by atoms with Gasteiger partial charge < -0.3 is 0 Å². The molecule has 0 saturated heterocycles. The van der Waals surface area contributed by atoms with E-state index in [9.17, 15) is 9.59 Å². The standard InChI is InChI=1S/C25H21ClN3O2/c26-21-15-14-18(16-27-21)20-12-7-13-22-28(19-10-5-2-6-11-19)24(30)23(25(31)29(20)22)17-8-3-1-4-9-17/h1-6,8-11,14-16,20,23H,7,12-13H2/q+1. The van der Waals surface area contributed by atoms with Crippen molar-refractivity contribution < 1.29 is 14.2 Å². The minimum absolute atomic E-state index is 0.182. The Morgan fingerprint density at radius 2 is 1.61 bits per heavy atom. The molecule has 2 aromatic carbocycles. The molecule has 0 spiro atoms. The van der Waals surface area contributed by atoms with E-state index >= 15 is 0 Å². The van der Waals surface area contributed by atoms with Gasteiger partial charge in [0.25, 0.3) is 5.84 Å². The Kier molecular flexibility index (Phi) is 5.12. The lowest BCUT2D eigenvalue weighted by molar-refractivity contribution is -0.504. The zero-order chi connectivity index (χ0) is 21.4. The van der Waals surface area contributed by atoms with Crippen LogP contribution in [0.3, 0.4) is 0 Å². The van der Waals surface area contributed by atoms with Crippen LogP contribution in [0.1, 0.15) is 42.3 Å². The summed E-state index contributed by atoms with van der Waals surface area (Å²) in [5, 5.41) is 0.414. The van der Waals surface area contributed by atoms with E-state index in [0.717, 1.165) is 29.9 Å². The molecule has 6 heteroatoms. The molecule has 154 valence electrons. The van der Waals surface area contributed by atoms with Gasteiger partial charge in [-0.3, -0.25) is 0 Å². The van der Waals surface area contributed by atoms with Gasteiger partial charge in [0, 0.05) is 11.8 Å². The van der Waals surface area contributed by atoms with Gasteiger partial charge in [0.1, 0.15) is 16.9 Å². The number of hydrogen-bond acceptors (Lipinski definition) is 3. The van der Waals surface area contributed by atoms with Crippen molar-refractivity contribution in [3.63, 3.8) is 0 Å². The van der Waals surface area contributed by atoms with E-state index in [4.69, 9.17) is 11.6 Å². The number of para-hydroxylation sites is 1. The van der Waals surface area contributed by atoms with Gasteiger partial charge in [-0.05, 0) is 36.6 Å². The SMILES string of the molecule is O=C1C(c2ccccc2)C(=O)[N+]2=C(CCCC2c2ccc(Cl)nc2)N1c1ccccc1. The highest BCUT2D eigenvalue weighted by molar-refractivity contribution is 6.29. The number of rotatable bonds is 3. The van der Waals surface area contributed by atoms with E-state index in [1.54, 1.807) is 17.2 Å². The van der Waals surface area contributed by atoms with Crippen molar-refractivity contribution in [2.75, 3.05) is 4.90 Å². The van der Waals surface area contributed by atoms with Gasteiger partial charge in [0.05, 0.1) is 6.42 Å². The molecule has 0 aliphatic carbocycles. The number of carbonyl (C=O) groups excluding carboxylic acids is 2. The number of pyridine rings is 1. The Morgan fingerprint density at radius 3 is 2.29 bits per heavy atom. The summed E-state index contributed by atoms with van der Waals surface area (Å²) in [7, 11) is 0. The average Bonchev–Trinajstić information content (AvgIpc) is 2.81. The first-order chi connectivity index (χ1) is 15.1. The number of nitrogens with zero attached hydrogens (tertiary/aromatic N) is 3. The van der Waals surface area contributed by atoms with Gasteiger partial charge in [-0.1, -0.05) is 66.2 Å². The summed E-state index contributed by atoms with van der Waals surface area (Å²) in [6, 6.07) is 22.3. The molecular formula is C25H21ClN3O2+. The summed E-state index contributed by atoms with van der Waals surface area (Å²) >= 11 is 5.99. The van der Waals surface area contributed by atoms with Crippen molar-refractivity contribution in [2.45, 2.75) is 31.2 Å². The van der Waals surface area contributed by atoms with Crippen LogP contribution in [-0.4, -0.2) is 27.2 Å². The van der Waals surface area contributed by atoms with Gasteiger partial charge in [-0.15, -0.1) is 0 Å². The maximum Gasteiger partial charge on any atom is 0.333 e. The Bertz CT molecular complexity index is 1160. The van der Waals surface area contributed by atoms with Crippen LogP contribution >= 0.6 is 11.6 Å². The molecule has 0 fully saturated rings. The second-order valence-corrected chi connectivity index (χ2v) is 8.19. The molecule has 5 rings (SSSR count). The van der Waals surface area contributed by atoms with E-state index in [0.29, 0.717) is 17.1 Å². The van der Waals surface area contributed by atoms with E-state index in [2.05, 4.69) is 4.98 Å². The number of anilines is 1. The molecule has 31 heavy (non-hydrogen) atoms. The Morgan fingerprint density at radius 1 is 0.903 bits per heavy atom. The molecule has 2 aliphatic heterocycles. The van der Waals surface area contributed by atoms with E-state index in [1.807, 2.05) is 71.3 Å². The normalized spacial score (nSPS) is 21.3. The Labute approximate surface area is 185 Å². The molecule has 0 N–H and O–H groups in total. The van der Waals surface area contributed by atoms with Crippen LogP contribution in [0.2, 0.25) is 5.15 Å².